The van der Waals surface area contributed by atoms with E-state index < -0.39 is 5.97 Å². The first-order valence-electron chi connectivity index (χ1n) is 10.8. The first-order valence-corrected chi connectivity index (χ1v) is 10.8. The van der Waals surface area contributed by atoms with E-state index >= 15 is 0 Å². The summed E-state index contributed by atoms with van der Waals surface area (Å²) in [4.78, 5) is 24.5. The Morgan fingerprint density at radius 2 is 1.48 bits per heavy atom. The number of nitrogens with one attached hydrogen (secondary N) is 1. The van der Waals surface area contributed by atoms with Gasteiger partial charge >= 0.3 is 5.97 Å². The Hall–Kier alpha value is -4.06. The number of hydrogen-bond acceptors (Lipinski definition) is 5. The number of anilines is 1. The van der Waals surface area contributed by atoms with Gasteiger partial charge in [0.25, 0.3) is 5.91 Å². The van der Waals surface area contributed by atoms with Crippen LogP contribution in [-0.2, 0) is 4.79 Å². The van der Waals surface area contributed by atoms with Crippen molar-refractivity contribution in [1.29, 1.82) is 0 Å². The Morgan fingerprint density at radius 3 is 2.12 bits per heavy atom. The third-order valence-corrected chi connectivity index (χ3v) is 4.74. The molecule has 0 aromatic heterocycles. The van der Waals surface area contributed by atoms with Gasteiger partial charge < -0.3 is 19.5 Å². The van der Waals surface area contributed by atoms with Crippen LogP contribution in [0.2, 0.25) is 0 Å². The molecule has 0 aliphatic rings. The van der Waals surface area contributed by atoms with Crippen LogP contribution in [0.15, 0.2) is 78.9 Å². The van der Waals surface area contributed by atoms with Crippen LogP contribution >= 0.6 is 0 Å². The van der Waals surface area contributed by atoms with Gasteiger partial charge in [0.1, 0.15) is 17.2 Å². The molecule has 0 unspecified atom stereocenters. The van der Waals surface area contributed by atoms with Crippen molar-refractivity contribution in [1.82, 2.24) is 0 Å². The molecule has 0 bridgehead atoms. The van der Waals surface area contributed by atoms with Crippen molar-refractivity contribution >= 4 is 23.6 Å². The highest BCUT2D eigenvalue weighted by Gasteiger charge is 2.08. The fourth-order valence-electron chi connectivity index (χ4n) is 2.88. The number of carbonyl (C=O) groups is 2. The lowest BCUT2D eigenvalue weighted by atomic mass is 10.2. The molecular formula is C27H27NO5. The minimum absolute atomic E-state index is 0.264. The maximum atomic E-state index is 12.4. The van der Waals surface area contributed by atoms with E-state index in [1.54, 1.807) is 61.7 Å². The van der Waals surface area contributed by atoms with Gasteiger partial charge in [0.15, 0.2) is 0 Å². The summed E-state index contributed by atoms with van der Waals surface area (Å²) >= 11 is 0. The number of methoxy groups -OCH3 is 1. The summed E-state index contributed by atoms with van der Waals surface area (Å²) in [5.41, 5.74) is 1.96. The summed E-state index contributed by atoms with van der Waals surface area (Å²) in [6, 6.07) is 20.9. The molecule has 0 saturated heterocycles. The third kappa shape index (κ3) is 7.54. The van der Waals surface area contributed by atoms with Crippen LogP contribution in [0.5, 0.6) is 17.2 Å². The van der Waals surface area contributed by atoms with Crippen molar-refractivity contribution in [2.24, 2.45) is 0 Å². The fourth-order valence-corrected chi connectivity index (χ4v) is 2.88. The van der Waals surface area contributed by atoms with Crippen LogP contribution in [0.4, 0.5) is 5.69 Å². The molecule has 1 amide bonds. The fraction of sp³-hybridized carbons (Fsp3) is 0.185. The monoisotopic (exact) mass is 445 g/mol. The van der Waals surface area contributed by atoms with E-state index in [0.717, 1.165) is 24.2 Å². The Bertz CT molecular complexity index is 1070. The van der Waals surface area contributed by atoms with Crippen LogP contribution in [0.3, 0.4) is 0 Å². The molecule has 6 nitrogen and oxygen atoms in total. The lowest BCUT2D eigenvalue weighted by Gasteiger charge is -2.07. The summed E-state index contributed by atoms with van der Waals surface area (Å²) in [6.45, 7) is 2.81. The average molecular weight is 446 g/mol. The van der Waals surface area contributed by atoms with Crippen LogP contribution in [-0.4, -0.2) is 25.6 Å². The number of benzene rings is 3. The molecule has 0 atom stereocenters. The third-order valence-electron chi connectivity index (χ3n) is 4.74. The van der Waals surface area contributed by atoms with Crippen molar-refractivity contribution in [2.45, 2.75) is 19.8 Å². The highest BCUT2D eigenvalue weighted by atomic mass is 16.5. The van der Waals surface area contributed by atoms with Crippen molar-refractivity contribution in [3.63, 3.8) is 0 Å². The first-order chi connectivity index (χ1) is 16.1. The van der Waals surface area contributed by atoms with Gasteiger partial charge in [-0.05, 0) is 78.7 Å². The van der Waals surface area contributed by atoms with Crippen molar-refractivity contribution in [2.75, 3.05) is 19.0 Å². The SMILES string of the molecule is CCCCOc1ccc(/C=C/C(=O)Oc2ccc(C(=O)Nc3ccc(OC)cc3)cc2)cc1. The number of rotatable bonds is 10. The molecular weight excluding hydrogens is 418 g/mol. The lowest BCUT2D eigenvalue weighted by Crippen LogP contribution is -2.12. The predicted molar refractivity (Wildman–Crippen MR) is 129 cm³/mol. The van der Waals surface area contributed by atoms with E-state index in [9.17, 15) is 9.59 Å². The second-order valence-corrected chi connectivity index (χ2v) is 7.23. The molecule has 33 heavy (non-hydrogen) atoms. The quantitative estimate of drug-likeness (QED) is 0.186. The van der Waals surface area contributed by atoms with E-state index in [4.69, 9.17) is 14.2 Å². The Morgan fingerprint density at radius 1 is 0.848 bits per heavy atom. The Kier molecular flexibility index (Phi) is 8.65. The number of unbranched alkanes of at least 4 members (excludes halogenated alkanes) is 1. The van der Waals surface area contributed by atoms with Crippen molar-refractivity contribution in [3.05, 3.63) is 90.0 Å². The largest absolute Gasteiger partial charge is 0.497 e. The predicted octanol–water partition coefficient (Wildman–Crippen LogP) is 5.75. The highest BCUT2D eigenvalue weighted by molar-refractivity contribution is 6.04. The minimum Gasteiger partial charge on any atom is -0.497 e. The number of amides is 1. The molecule has 170 valence electrons. The highest BCUT2D eigenvalue weighted by Crippen LogP contribution is 2.18. The van der Waals surface area contributed by atoms with Gasteiger partial charge in [-0.3, -0.25) is 4.79 Å². The molecule has 3 aromatic carbocycles. The second kappa shape index (κ2) is 12.1. The van der Waals surface area contributed by atoms with E-state index in [2.05, 4.69) is 12.2 Å². The van der Waals surface area contributed by atoms with Crippen LogP contribution in [0.1, 0.15) is 35.7 Å². The Labute approximate surface area is 193 Å². The molecule has 0 heterocycles. The number of ether oxygens (including phenoxy) is 3. The average Bonchev–Trinajstić information content (AvgIpc) is 2.84. The molecule has 0 aliphatic carbocycles. The lowest BCUT2D eigenvalue weighted by molar-refractivity contribution is -0.128. The molecule has 0 fully saturated rings. The van der Waals surface area contributed by atoms with Crippen LogP contribution in [0.25, 0.3) is 6.08 Å². The number of carbonyl (C=O) groups excluding carboxylic acids is 2. The zero-order valence-corrected chi connectivity index (χ0v) is 18.7. The normalized spacial score (nSPS) is 10.6. The van der Waals surface area contributed by atoms with Gasteiger partial charge in [-0.25, -0.2) is 4.79 Å². The zero-order chi connectivity index (χ0) is 23.5. The van der Waals surface area contributed by atoms with E-state index in [-0.39, 0.29) is 5.91 Å². The van der Waals surface area contributed by atoms with Crippen LogP contribution < -0.4 is 19.5 Å². The summed E-state index contributed by atoms with van der Waals surface area (Å²) in [5.74, 6) is 1.10. The maximum absolute atomic E-state index is 12.4. The van der Waals surface area contributed by atoms with E-state index in [1.165, 1.54) is 6.08 Å². The van der Waals surface area contributed by atoms with Gasteiger partial charge in [0, 0.05) is 17.3 Å². The smallest absolute Gasteiger partial charge is 0.336 e. The molecule has 3 aromatic rings. The summed E-state index contributed by atoms with van der Waals surface area (Å²) in [6.07, 6.45) is 5.14. The Balaban J connectivity index is 1.50. The van der Waals surface area contributed by atoms with Gasteiger partial charge in [-0.2, -0.15) is 0 Å². The van der Waals surface area contributed by atoms with Gasteiger partial charge in [-0.1, -0.05) is 25.5 Å². The molecule has 0 saturated carbocycles. The minimum atomic E-state index is -0.506. The summed E-state index contributed by atoms with van der Waals surface area (Å²) in [7, 11) is 1.58. The van der Waals surface area contributed by atoms with E-state index in [1.807, 2.05) is 24.3 Å². The topological polar surface area (TPSA) is 73.9 Å². The first kappa shape index (κ1) is 23.6. The summed E-state index contributed by atoms with van der Waals surface area (Å²) < 4.78 is 16.0. The second-order valence-electron chi connectivity index (χ2n) is 7.23. The summed E-state index contributed by atoms with van der Waals surface area (Å²) in [5, 5.41) is 2.80. The standard InChI is InChI=1S/C27H27NO5/c1-3-4-19-32-24-12-5-20(6-13-24)7-18-26(29)33-25-14-8-21(9-15-25)27(30)28-22-10-16-23(31-2)17-11-22/h5-18H,3-4,19H2,1-2H3,(H,28,30)/b18-7+. The van der Waals surface area contributed by atoms with Crippen LogP contribution in [0, 0.1) is 0 Å². The molecule has 0 spiro atoms. The van der Waals surface area contributed by atoms with Gasteiger partial charge in [0.2, 0.25) is 0 Å². The molecule has 6 heteroatoms. The van der Waals surface area contributed by atoms with Crippen molar-refractivity contribution in [3.8, 4) is 17.2 Å². The molecule has 0 aliphatic heterocycles. The number of hydrogen-bond donors (Lipinski definition) is 1. The van der Waals surface area contributed by atoms with E-state index in [0.29, 0.717) is 29.4 Å². The van der Waals surface area contributed by atoms with Crippen molar-refractivity contribution < 1.29 is 23.8 Å². The number of esters is 1. The zero-order valence-electron chi connectivity index (χ0n) is 18.7. The van der Waals surface area contributed by atoms with Gasteiger partial charge in [0.05, 0.1) is 13.7 Å². The molecule has 3 rings (SSSR count). The molecule has 0 radical (unpaired) electrons. The van der Waals surface area contributed by atoms with Gasteiger partial charge in [-0.15, -0.1) is 0 Å². The molecule has 1 N–H and O–H groups in total. The maximum Gasteiger partial charge on any atom is 0.336 e.